The van der Waals surface area contributed by atoms with Crippen LogP contribution in [0.5, 0.6) is 0 Å². The monoisotopic (exact) mass is 464 g/mol. The van der Waals surface area contributed by atoms with Crippen LogP contribution in [0.3, 0.4) is 0 Å². The number of nitrogens with one attached hydrogen (secondary N) is 2. The molecule has 1 heterocycles. The summed E-state index contributed by atoms with van der Waals surface area (Å²) >= 11 is 6.28. The number of carbonyl (C=O) groups is 2. The van der Waals surface area contributed by atoms with Crippen molar-refractivity contribution in [3.8, 4) is 0 Å². The first-order valence-electron chi connectivity index (χ1n) is 10.8. The number of rotatable bonds is 7. The Bertz CT molecular complexity index is 1210. The topological polar surface area (TPSA) is 76.0 Å². The summed E-state index contributed by atoms with van der Waals surface area (Å²) < 4.78 is 1.88. The molecule has 0 saturated carbocycles. The smallest absolute Gasteiger partial charge is 0.251 e. The Kier molecular flexibility index (Phi) is 7.71. The van der Waals surface area contributed by atoms with E-state index in [1.165, 1.54) is 6.08 Å². The molecule has 172 valence electrons. The number of hydrogen-bond donors (Lipinski definition) is 2. The Morgan fingerprint density at radius 2 is 1.85 bits per heavy atom. The van der Waals surface area contributed by atoms with Gasteiger partial charge in [-0.05, 0) is 70.0 Å². The summed E-state index contributed by atoms with van der Waals surface area (Å²) in [7, 11) is 0. The maximum atomic E-state index is 12.6. The van der Waals surface area contributed by atoms with E-state index in [2.05, 4.69) is 15.7 Å². The van der Waals surface area contributed by atoms with E-state index in [1.54, 1.807) is 18.2 Å². The van der Waals surface area contributed by atoms with Crippen molar-refractivity contribution in [2.75, 3.05) is 5.32 Å². The highest BCUT2D eigenvalue weighted by Gasteiger charge is 2.13. The molecule has 2 amide bonds. The van der Waals surface area contributed by atoms with Gasteiger partial charge >= 0.3 is 0 Å². The minimum absolute atomic E-state index is 0.0309. The fraction of sp³-hybridized carbons (Fsp3) is 0.269. The highest BCUT2D eigenvalue weighted by molar-refractivity contribution is 6.31. The highest BCUT2D eigenvalue weighted by atomic mass is 35.5. The second-order valence-electron chi connectivity index (χ2n) is 8.31. The number of hydrogen-bond acceptors (Lipinski definition) is 3. The van der Waals surface area contributed by atoms with Crippen molar-refractivity contribution in [1.82, 2.24) is 15.1 Å². The minimum atomic E-state index is -0.285. The van der Waals surface area contributed by atoms with Crippen LogP contribution >= 0.6 is 11.6 Å². The van der Waals surface area contributed by atoms with Crippen molar-refractivity contribution >= 4 is 35.2 Å². The van der Waals surface area contributed by atoms with Crippen LogP contribution in [0.25, 0.3) is 6.08 Å². The fourth-order valence-electron chi connectivity index (χ4n) is 3.52. The van der Waals surface area contributed by atoms with E-state index < -0.39 is 0 Å². The largest absolute Gasteiger partial charge is 0.350 e. The van der Waals surface area contributed by atoms with Gasteiger partial charge in [0.2, 0.25) is 5.91 Å². The molecule has 0 aliphatic rings. The van der Waals surface area contributed by atoms with Crippen molar-refractivity contribution in [3.05, 3.63) is 87.2 Å². The van der Waals surface area contributed by atoms with Gasteiger partial charge in [0, 0.05) is 39.6 Å². The number of halogens is 1. The maximum Gasteiger partial charge on any atom is 0.251 e. The first-order chi connectivity index (χ1) is 15.7. The van der Waals surface area contributed by atoms with Crippen LogP contribution in [0.2, 0.25) is 5.02 Å². The Labute approximate surface area is 199 Å². The molecular weight excluding hydrogens is 436 g/mol. The summed E-state index contributed by atoms with van der Waals surface area (Å²) in [6, 6.07) is 13.0. The van der Waals surface area contributed by atoms with Crippen LogP contribution in [0.4, 0.5) is 5.69 Å². The van der Waals surface area contributed by atoms with Crippen LogP contribution in [0.1, 0.15) is 52.3 Å². The molecular formula is C26H29ClN4O2. The Morgan fingerprint density at radius 3 is 2.55 bits per heavy atom. The van der Waals surface area contributed by atoms with Crippen molar-refractivity contribution in [2.45, 2.75) is 47.2 Å². The summed E-state index contributed by atoms with van der Waals surface area (Å²) in [4.78, 5) is 25.0. The molecule has 0 radical (unpaired) electrons. The zero-order chi connectivity index (χ0) is 24.1. The minimum Gasteiger partial charge on any atom is -0.350 e. The normalized spacial score (nSPS) is 11.2. The third kappa shape index (κ3) is 6.11. The molecule has 0 fully saturated rings. The maximum absolute atomic E-state index is 12.6. The number of aryl methyl sites for hydroxylation is 2. The molecule has 3 rings (SSSR count). The van der Waals surface area contributed by atoms with Crippen LogP contribution < -0.4 is 10.6 Å². The average Bonchev–Trinajstić information content (AvgIpc) is 3.01. The van der Waals surface area contributed by atoms with Crippen LogP contribution in [0, 0.1) is 20.8 Å². The van der Waals surface area contributed by atoms with Gasteiger partial charge in [0.1, 0.15) is 0 Å². The van der Waals surface area contributed by atoms with Gasteiger partial charge in [-0.2, -0.15) is 5.10 Å². The molecule has 0 bridgehead atoms. The van der Waals surface area contributed by atoms with E-state index in [4.69, 9.17) is 11.6 Å². The average molecular weight is 465 g/mol. The molecule has 7 heteroatoms. The lowest BCUT2D eigenvalue weighted by Gasteiger charge is -2.12. The van der Waals surface area contributed by atoms with Gasteiger partial charge < -0.3 is 10.6 Å². The summed E-state index contributed by atoms with van der Waals surface area (Å²) in [6.45, 7) is 10.1. The van der Waals surface area contributed by atoms with E-state index in [0.717, 1.165) is 28.1 Å². The number of benzene rings is 2. The second kappa shape index (κ2) is 10.5. The van der Waals surface area contributed by atoms with E-state index in [0.29, 0.717) is 22.8 Å². The van der Waals surface area contributed by atoms with E-state index in [9.17, 15) is 9.59 Å². The van der Waals surface area contributed by atoms with Crippen LogP contribution in [-0.2, 0) is 11.3 Å². The van der Waals surface area contributed by atoms with Gasteiger partial charge in [0.05, 0.1) is 12.2 Å². The van der Waals surface area contributed by atoms with Gasteiger partial charge in [0.15, 0.2) is 0 Å². The lowest BCUT2D eigenvalue weighted by atomic mass is 10.1. The number of aromatic nitrogens is 2. The lowest BCUT2D eigenvalue weighted by molar-refractivity contribution is -0.111. The summed E-state index contributed by atoms with van der Waals surface area (Å²) in [5.74, 6) is -0.446. The quantitative estimate of drug-likeness (QED) is 0.466. The number of carbonyl (C=O) groups excluding carboxylic acids is 2. The van der Waals surface area contributed by atoms with E-state index in [1.807, 2.05) is 69.6 Å². The lowest BCUT2D eigenvalue weighted by Crippen LogP contribution is -2.30. The third-order valence-electron chi connectivity index (χ3n) is 5.29. The predicted octanol–water partition coefficient (Wildman–Crippen LogP) is 5.30. The first-order valence-corrected chi connectivity index (χ1v) is 11.2. The zero-order valence-corrected chi connectivity index (χ0v) is 20.3. The standard InChI is InChI=1S/C26H29ClN4O2/c1-16(2)28-26(33)23-14-21(11-10-17(23)3)29-25(32)13-12-22-18(4)30-31(19(22)5)15-20-8-6-7-9-24(20)27/h6-14,16H,15H2,1-5H3,(H,28,33)(H,29,32). The SMILES string of the molecule is Cc1ccc(NC(=O)C=Cc2c(C)nn(Cc3ccccc3Cl)c2C)cc1C(=O)NC(C)C. The molecule has 1 aromatic heterocycles. The molecule has 0 unspecified atom stereocenters. The molecule has 0 spiro atoms. The molecule has 33 heavy (non-hydrogen) atoms. The number of nitrogens with zero attached hydrogens (tertiary/aromatic N) is 2. The Balaban J connectivity index is 1.73. The zero-order valence-electron chi connectivity index (χ0n) is 19.6. The molecule has 0 aliphatic carbocycles. The number of anilines is 1. The highest BCUT2D eigenvalue weighted by Crippen LogP contribution is 2.21. The van der Waals surface area contributed by atoms with Gasteiger partial charge in [-0.25, -0.2) is 0 Å². The van der Waals surface area contributed by atoms with Crippen LogP contribution in [0.15, 0.2) is 48.5 Å². The van der Waals surface area contributed by atoms with Gasteiger partial charge in [0.25, 0.3) is 5.91 Å². The Morgan fingerprint density at radius 1 is 1.12 bits per heavy atom. The van der Waals surface area contributed by atoms with Crippen LogP contribution in [-0.4, -0.2) is 27.6 Å². The van der Waals surface area contributed by atoms with Gasteiger partial charge in [-0.3, -0.25) is 14.3 Å². The fourth-order valence-corrected chi connectivity index (χ4v) is 3.72. The Hall–Kier alpha value is -3.38. The first kappa shape index (κ1) is 24.3. The van der Waals surface area contributed by atoms with Crippen molar-refractivity contribution in [3.63, 3.8) is 0 Å². The summed E-state index contributed by atoms with van der Waals surface area (Å²) in [5, 5.41) is 11.0. The summed E-state index contributed by atoms with van der Waals surface area (Å²) in [6.07, 6.45) is 3.24. The van der Waals surface area contributed by atoms with Crippen molar-refractivity contribution < 1.29 is 9.59 Å². The third-order valence-corrected chi connectivity index (χ3v) is 5.66. The second-order valence-corrected chi connectivity index (χ2v) is 8.72. The molecule has 0 saturated heterocycles. The van der Waals surface area contributed by atoms with Gasteiger partial charge in [-0.1, -0.05) is 35.9 Å². The van der Waals surface area contributed by atoms with E-state index >= 15 is 0 Å². The molecule has 6 nitrogen and oxygen atoms in total. The molecule has 0 aliphatic heterocycles. The molecule has 3 aromatic rings. The van der Waals surface area contributed by atoms with Crippen molar-refractivity contribution in [2.24, 2.45) is 0 Å². The van der Waals surface area contributed by atoms with Gasteiger partial charge in [-0.15, -0.1) is 0 Å². The molecule has 2 N–H and O–H groups in total. The number of amides is 2. The molecule has 0 atom stereocenters. The van der Waals surface area contributed by atoms with Crippen molar-refractivity contribution in [1.29, 1.82) is 0 Å². The summed E-state index contributed by atoms with van der Waals surface area (Å²) in [5.41, 5.74) is 5.59. The predicted molar refractivity (Wildman–Crippen MR) is 134 cm³/mol. The molecule has 2 aromatic carbocycles. The van der Waals surface area contributed by atoms with E-state index in [-0.39, 0.29) is 17.9 Å².